The van der Waals surface area contributed by atoms with Crippen molar-refractivity contribution in [3.05, 3.63) is 24.2 Å². The SMILES string of the molecule is CC(CCn1c(CCl)nc2cccnc21)S(C)=O. The summed E-state index contributed by atoms with van der Waals surface area (Å²) in [5.41, 5.74) is 1.71. The van der Waals surface area contributed by atoms with Gasteiger partial charge < -0.3 is 4.57 Å². The Bertz CT molecular complexity index is 569. The van der Waals surface area contributed by atoms with E-state index < -0.39 is 10.8 Å². The summed E-state index contributed by atoms with van der Waals surface area (Å²) in [7, 11) is -0.801. The molecule has 2 aromatic heterocycles. The van der Waals surface area contributed by atoms with Gasteiger partial charge in [0.15, 0.2) is 5.65 Å². The van der Waals surface area contributed by atoms with E-state index in [1.54, 1.807) is 12.5 Å². The van der Waals surface area contributed by atoms with Gasteiger partial charge in [-0.2, -0.15) is 0 Å². The molecular weight excluding hydrogens is 270 g/mol. The van der Waals surface area contributed by atoms with Crippen molar-refractivity contribution in [2.75, 3.05) is 6.26 Å². The lowest BCUT2D eigenvalue weighted by atomic mass is 10.3. The highest BCUT2D eigenvalue weighted by Gasteiger charge is 2.13. The molecule has 0 aromatic carbocycles. The Hall–Kier alpha value is -0.940. The van der Waals surface area contributed by atoms with Crippen LogP contribution in [0.25, 0.3) is 11.2 Å². The maximum atomic E-state index is 11.4. The van der Waals surface area contributed by atoms with Gasteiger partial charge in [0.05, 0.1) is 5.88 Å². The fraction of sp³-hybridized carbons (Fsp3) is 0.500. The molecule has 0 aliphatic carbocycles. The minimum absolute atomic E-state index is 0.161. The molecule has 0 amide bonds. The molecular formula is C12H16ClN3OS. The largest absolute Gasteiger partial charge is 0.312 e. The zero-order valence-corrected chi connectivity index (χ0v) is 12.0. The lowest BCUT2D eigenvalue weighted by molar-refractivity contribution is 0.614. The average Bonchev–Trinajstić information content (AvgIpc) is 2.73. The van der Waals surface area contributed by atoms with Crippen LogP contribution in [0.15, 0.2) is 18.3 Å². The summed E-state index contributed by atoms with van der Waals surface area (Å²) in [6, 6.07) is 3.79. The van der Waals surface area contributed by atoms with Crippen molar-refractivity contribution in [2.45, 2.75) is 31.0 Å². The average molecular weight is 286 g/mol. The van der Waals surface area contributed by atoms with E-state index in [0.29, 0.717) is 5.88 Å². The van der Waals surface area contributed by atoms with Gasteiger partial charge in [-0.3, -0.25) is 4.21 Å². The second-order valence-electron chi connectivity index (χ2n) is 4.26. The molecule has 2 unspecified atom stereocenters. The number of pyridine rings is 1. The van der Waals surface area contributed by atoms with Crippen molar-refractivity contribution in [1.29, 1.82) is 0 Å². The van der Waals surface area contributed by atoms with Crippen LogP contribution in [0.3, 0.4) is 0 Å². The molecule has 0 spiro atoms. The first-order valence-electron chi connectivity index (χ1n) is 5.81. The van der Waals surface area contributed by atoms with Crippen molar-refractivity contribution in [3.8, 4) is 0 Å². The minimum Gasteiger partial charge on any atom is -0.312 e. The van der Waals surface area contributed by atoms with Gasteiger partial charge in [0.25, 0.3) is 0 Å². The summed E-state index contributed by atoms with van der Waals surface area (Å²) in [5.74, 6) is 1.18. The van der Waals surface area contributed by atoms with Crippen molar-refractivity contribution >= 4 is 33.6 Å². The van der Waals surface area contributed by atoms with Gasteiger partial charge >= 0.3 is 0 Å². The van der Waals surface area contributed by atoms with Crippen molar-refractivity contribution in [1.82, 2.24) is 14.5 Å². The van der Waals surface area contributed by atoms with Gasteiger partial charge in [-0.1, -0.05) is 6.92 Å². The second-order valence-corrected chi connectivity index (χ2v) is 6.33. The summed E-state index contributed by atoms with van der Waals surface area (Å²) in [6.07, 6.45) is 4.31. The lowest BCUT2D eigenvalue weighted by Crippen LogP contribution is -2.14. The Morgan fingerprint density at radius 2 is 2.33 bits per heavy atom. The van der Waals surface area contributed by atoms with E-state index in [0.717, 1.165) is 30.0 Å². The maximum absolute atomic E-state index is 11.4. The molecule has 2 heterocycles. The minimum atomic E-state index is -0.801. The Balaban J connectivity index is 2.28. The standard InChI is InChI=1S/C12H16ClN3OS/c1-9(18(2)17)5-7-16-11(8-13)15-10-4-3-6-14-12(10)16/h3-4,6,9H,5,7-8H2,1-2H3. The molecule has 0 radical (unpaired) electrons. The van der Waals surface area contributed by atoms with Crippen LogP contribution in [0.1, 0.15) is 19.2 Å². The first-order valence-corrected chi connectivity index (χ1v) is 7.97. The molecule has 0 aliphatic rings. The number of aryl methyl sites for hydroxylation is 1. The van der Waals surface area contributed by atoms with E-state index in [1.807, 2.05) is 23.6 Å². The van der Waals surface area contributed by atoms with Gasteiger partial charge in [0.2, 0.25) is 0 Å². The van der Waals surface area contributed by atoms with E-state index in [1.165, 1.54) is 0 Å². The monoisotopic (exact) mass is 285 g/mol. The number of nitrogens with zero attached hydrogens (tertiary/aromatic N) is 3. The Morgan fingerprint density at radius 3 is 3.00 bits per heavy atom. The molecule has 0 aliphatic heterocycles. The van der Waals surface area contributed by atoms with E-state index in [-0.39, 0.29) is 5.25 Å². The number of imidazole rings is 1. The van der Waals surface area contributed by atoms with Crippen LogP contribution in [0, 0.1) is 0 Å². The van der Waals surface area contributed by atoms with Gasteiger partial charge in [-0.15, -0.1) is 11.6 Å². The number of hydrogen-bond acceptors (Lipinski definition) is 3. The highest BCUT2D eigenvalue weighted by atomic mass is 35.5. The van der Waals surface area contributed by atoms with Crippen molar-refractivity contribution in [2.24, 2.45) is 0 Å². The highest BCUT2D eigenvalue weighted by Crippen LogP contribution is 2.16. The van der Waals surface area contributed by atoms with Crippen LogP contribution in [0.5, 0.6) is 0 Å². The summed E-state index contributed by atoms with van der Waals surface area (Å²) < 4.78 is 13.4. The fourth-order valence-corrected chi connectivity index (χ4v) is 2.46. The normalized spacial score (nSPS) is 14.8. The zero-order chi connectivity index (χ0) is 13.1. The summed E-state index contributed by atoms with van der Waals surface area (Å²) >= 11 is 5.91. The number of rotatable bonds is 5. The smallest absolute Gasteiger partial charge is 0.160 e. The zero-order valence-electron chi connectivity index (χ0n) is 10.5. The first kappa shape index (κ1) is 13.5. The lowest BCUT2D eigenvalue weighted by Gasteiger charge is -2.10. The predicted octanol–water partition coefficient (Wildman–Crippen LogP) is 2.33. The molecule has 2 rings (SSSR count). The van der Waals surface area contributed by atoms with Gasteiger partial charge in [0, 0.05) is 35.0 Å². The number of alkyl halides is 1. The molecule has 0 N–H and O–H groups in total. The molecule has 0 bridgehead atoms. The number of halogens is 1. The van der Waals surface area contributed by atoms with Crippen LogP contribution in [0.4, 0.5) is 0 Å². The Morgan fingerprint density at radius 1 is 1.56 bits per heavy atom. The number of fused-ring (bicyclic) bond motifs is 1. The van der Waals surface area contributed by atoms with Crippen molar-refractivity contribution in [3.63, 3.8) is 0 Å². The summed E-state index contributed by atoms with van der Waals surface area (Å²) in [5, 5.41) is 0.161. The quantitative estimate of drug-likeness (QED) is 0.792. The topological polar surface area (TPSA) is 47.8 Å². The second kappa shape index (κ2) is 5.80. The fourth-order valence-electron chi connectivity index (χ4n) is 1.82. The maximum Gasteiger partial charge on any atom is 0.160 e. The Labute approximate surface area is 114 Å². The van der Waals surface area contributed by atoms with E-state index in [4.69, 9.17) is 11.6 Å². The molecule has 6 heteroatoms. The van der Waals surface area contributed by atoms with Crippen LogP contribution < -0.4 is 0 Å². The molecule has 0 fully saturated rings. The molecule has 0 saturated carbocycles. The van der Waals surface area contributed by atoms with Gasteiger partial charge in [-0.25, -0.2) is 9.97 Å². The van der Waals surface area contributed by atoms with Gasteiger partial charge in [0.1, 0.15) is 11.3 Å². The van der Waals surface area contributed by atoms with Gasteiger partial charge in [-0.05, 0) is 18.6 Å². The van der Waals surface area contributed by atoms with E-state index >= 15 is 0 Å². The van der Waals surface area contributed by atoms with E-state index in [9.17, 15) is 4.21 Å². The first-order chi connectivity index (χ1) is 8.63. The highest BCUT2D eigenvalue weighted by molar-refractivity contribution is 7.84. The molecule has 2 atom stereocenters. The third kappa shape index (κ3) is 2.72. The van der Waals surface area contributed by atoms with Crippen molar-refractivity contribution < 1.29 is 4.21 Å². The van der Waals surface area contributed by atoms with Crippen LogP contribution in [-0.4, -0.2) is 30.2 Å². The third-order valence-corrected chi connectivity index (χ3v) is 4.64. The number of hydrogen-bond donors (Lipinski definition) is 0. The van der Waals surface area contributed by atoms with Crippen LogP contribution in [0.2, 0.25) is 0 Å². The third-order valence-electron chi connectivity index (χ3n) is 3.03. The van der Waals surface area contributed by atoms with Crippen LogP contribution in [-0.2, 0) is 23.2 Å². The van der Waals surface area contributed by atoms with Crippen LogP contribution >= 0.6 is 11.6 Å². The number of aromatic nitrogens is 3. The molecule has 98 valence electrons. The van der Waals surface area contributed by atoms with E-state index in [2.05, 4.69) is 9.97 Å². The summed E-state index contributed by atoms with van der Waals surface area (Å²) in [4.78, 5) is 8.79. The molecule has 2 aromatic rings. The molecule has 4 nitrogen and oxygen atoms in total. The summed E-state index contributed by atoms with van der Waals surface area (Å²) in [6.45, 7) is 2.74. The Kier molecular flexibility index (Phi) is 4.35. The molecule has 0 saturated heterocycles. The molecule has 18 heavy (non-hydrogen) atoms. The predicted molar refractivity (Wildman–Crippen MR) is 75.2 cm³/mol.